The van der Waals surface area contributed by atoms with Gasteiger partial charge in [0.15, 0.2) is 11.4 Å². The summed E-state index contributed by atoms with van der Waals surface area (Å²) >= 11 is 0. The maximum absolute atomic E-state index is 14.2. The van der Waals surface area contributed by atoms with E-state index in [2.05, 4.69) is 0 Å². The van der Waals surface area contributed by atoms with Gasteiger partial charge in [-0.3, -0.25) is 9.59 Å². The van der Waals surface area contributed by atoms with Gasteiger partial charge in [0.2, 0.25) is 0 Å². The summed E-state index contributed by atoms with van der Waals surface area (Å²) in [6.45, 7) is 7.87. The van der Waals surface area contributed by atoms with Gasteiger partial charge in [0.25, 0.3) is 0 Å². The maximum Gasteiger partial charge on any atom is 0.338 e. The molecule has 0 unspecified atom stereocenters. The highest BCUT2D eigenvalue weighted by atomic mass is 16.6. The number of Topliss-reactive ketones (excluding diaryl/α,β-unsaturated/α-hetero) is 1. The Balaban J connectivity index is 1.78. The third-order valence-corrected chi connectivity index (χ3v) is 9.81. The normalized spacial score (nSPS) is 41.6. The zero-order valence-electron chi connectivity index (χ0n) is 22.4. The molecule has 206 valence electrons. The molecule has 1 saturated heterocycles. The second-order valence-electron chi connectivity index (χ2n) is 12.1. The van der Waals surface area contributed by atoms with E-state index in [1.807, 2.05) is 0 Å². The summed E-state index contributed by atoms with van der Waals surface area (Å²) in [7, 11) is 0. The summed E-state index contributed by atoms with van der Waals surface area (Å²) in [5.41, 5.74) is -5.10. The number of ketones is 1. The van der Waals surface area contributed by atoms with Crippen LogP contribution in [-0.2, 0) is 23.8 Å². The number of carbonyl (C=O) groups is 3. The van der Waals surface area contributed by atoms with Crippen molar-refractivity contribution in [3.05, 3.63) is 47.0 Å². The Bertz CT molecular complexity index is 1210. The largest absolute Gasteiger partial charge is 0.455 e. The first kappa shape index (κ1) is 27.0. The number of rotatable bonds is 3. The van der Waals surface area contributed by atoms with Crippen molar-refractivity contribution in [1.82, 2.24) is 0 Å². The van der Waals surface area contributed by atoms with Crippen molar-refractivity contribution in [1.29, 1.82) is 0 Å². The highest BCUT2D eigenvalue weighted by Gasteiger charge is 2.75. The number of carbonyl (C=O) groups excluding carboxylic acids is 3. The fourth-order valence-corrected chi connectivity index (χ4v) is 7.68. The van der Waals surface area contributed by atoms with Gasteiger partial charge < -0.3 is 29.5 Å². The minimum atomic E-state index is -1.94. The molecule has 2 saturated carbocycles. The van der Waals surface area contributed by atoms with E-state index >= 15 is 0 Å². The van der Waals surface area contributed by atoms with Crippen molar-refractivity contribution in [2.75, 3.05) is 6.61 Å². The van der Waals surface area contributed by atoms with Gasteiger partial charge in [0.05, 0.1) is 24.2 Å². The van der Waals surface area contributed by atoms with Crippen molar-refractivity contribution in [3.63, 3.8) is 0 Å². The van der Waals surface area contributed by atoms with Crippen LogP contribution in [0.2, 0.25) is 0 Å². The van der Waals surface area contributed by atoms with Crippen LogP contribution in [0, 0.1) is 16.7 Å². The van der Waals surface area contributed by atoms with E-state index in [1.165, 1.54) is 6.92 Å². The van der Waals surface area contributed by atoms with Crippen LogP contribution in [0.1, 0.15) is 64.2 Å². The van der Waals surface area contributed by atoms with Gasteiger partial charge in [-0.25, -0.2) is 4.79 Å². The Morgan fingerprint density at radius 3 is 2.34 bits per heavy atom. The second kappa shape index (κ2) is 8.71. The van der Waals surface area contributed by atoms with Gasteiger partial charge in [-0.15, -0.1) is 0 Å². The lowest BCUT2D eigenvalue weighted by Crippen LogP contribution is -2.79. The molecule has 3 fully saturated rings. The Morgan fingerprint density at radius 1 is 1.11 bits per heavy atom. The Labute approximate surface area is 221 Å². The molecule has 9 heteroatoms. The minimum Gasteiger partial charge on any atom is -0.455 e. The minimum absolute atomic E-state index is 0.0545. The van der Waals surface area contributed by atoms with E-state index in [0.717, 1.165) is 0 Å². The SMILES string of the molecule is CC(=O)O[C@@]12CO[C@@H]1CC[C@@]1(C)C(=O)[C@H](O)C3=C(C)[C@@H](O)C[C@@](O)([C@H](OC(=O)c4ccccc4)[C@H]21)C3(C)C. The van der Waals surface area contributed by atoms with E-state index in [1.54, 1.807) is 58.0 Å². The summed E-state index contributed by atoms with van der Waals surface area (Å²) < 4.78 is 17.9. The average Bonchev–Trinajstić information content (AvgIpc) is 2.84. The van der Waals surface area contributed by atoms with Crippen molar-refractivity contribution < 1.29 is 43.9 Å². The van der Waals surface area contributed by atoms with Crippen molar-refractivity contribution in [2.24, 2.45) is 16.7 Å². The number of benzene rings is 1. The Morgan fingerprint density at radius 2 is 1.76 bits per heavy atom. The summed E-state index contributed by atoms with van der Waals surface area (Å²) in [6.07, 6.45) is -4.37. The second-order valence-corrected chi connectivity index (χ2v) is 12.1. The standard InChI is InChI=1S/C29H36O9/c1-15-18(31)13-29(35)24(37-25(34)17-9-7-6-8-10-17)22-27(5,23(33)21(32)20(15)26(29,3)4)12-11-19-28(22,14-36-19)38-16(2)30/h6-10,18-19,21-22,24,31-32,35H,11-14H2,1-5H3/t18-,19+,21+,22-,24+,27+,28-,29+/m0/s1. The molecule has 38 heavy (non-hydrogen) atoms. The smallest absolute Gasteiger partial charge is 0.338 e. The molecule has 5 rings (SSSR count). The van der Waals surface area contributed by atoms with Gasteiger partial charge in [-0.05, 0) is 43.0 Å². The van der Waals surface area contributed by atoms with Crippen LogP contribution in [0.4, 0.5) is 0 Å². The molecule has 0 spiro atoms. The molecule has 0 radical (unpaired) electrons. The lowest BCUT2D eigenvalue weighted by atomic mass is 9.45. The molecule has 1 heterocycles. The van der Waals surface area contributed by atoms with Gasteiger partial charge >= 0.3 is 11.9 Å². The number of esters is 2. The van der Waals surface area contributed by atoms with Crippen LogP contribution in [-0.4, -0.2) is 75.3 Å². The predicted octanol–water partition coefficient (Wildman–Crippen LogP) is 2.11. The molecular weight excluding hydrogens is 492 g/mol. The summed E-state index contributed by atoms with van der Waals surface area (Å²) in [6, 6.07) is 8.28. The number of hydrogen-bond donors (Lipinski definition) is 3. The summed E-state index contributed by atoms with van der Waals surface area (Å²) in [5, 5.41) is 35.3. The molecule has 3 aliphatic carbocycles. The fraction of sp³-hybridized carbons (Fsp3) is 0.621. The third-order valence-electron chi connectivity index (χ3n) is 9.81. The molecule has 1 aliphatic heterocycles. The van der Waals surface area contributed by atoms with Crippen LogP contribution < -0.4 is 0 Å². The summed E-state index contributed by atoms with van der Waals surface area (Å²) in [4.78, 5) is 40.2. The zero-order valence-corrected chi connectivity index (χ0v) is 22.4. The van der Waals surface area contributed by atoms with Crippen LogP contribution >= 0.6 is 0 Å². The van der Waals surface area contributed by atoms with Crippen molar-refractivity contribution in [3.8, 4) is 0 Å². The van der Waals surface area contributed by atoms with E-state index in [4.69, 9.17) is 14.2 Å². The number of aliphatic hydroxyl groups is 3. The average molecular weight is 529 g/mol. The van der Waals surface area contributed by atoms with Crippen molar-refractivity contribution in [2.45, 2.75) is 89.5 Å². The van der Waals surface area contributed by atoms with Crippen molar-refractivity contribution >= 4 is 17.7 Å². The topological polar surface area (TPSA) is 140 Å². The molecule has 2 bridgehead atoms. The predicted molar refractivity (Wildman–Crippen MR) is 134 cm³/mol. The first-order valence-electron chi connectivity index (χ1n) is 13.1. The quantitative estimate of drug-likeness (QED) is 0.398. The van der Waals surface area contributed by atoms with E-state index in [-0.39, 0.29) is 30.6 Å². The number of fused-ring (bicyclic) bond motifs is 5. The highest BCUT2D eigenvalue weighted by molar-refractivity contribution is 5.93. The molecule has 1 aromatic rings. The van der Waals surface area contributed by atoms with Gasteiger partial charge in [0, 0.05) is 24.2 Å². The Hall–Kier alpha value is -2.59. The number of hydrogen-bond acceptors (Lipinski definition) is 9. The maximum atomic E-state index is 14.2. The zero-order chi connectivity index (χ0) is 27.8. The molecule has 9 nitrogen and oxygen atoms in total. The van der Waals surface area contributed by atoms with E-state index in [0.29, 0.717) is 12.0 Å². The Kier molecular flexibility index (Phi) is 6.19. The number of ether oxygens (including phenoxy) is 3. The first-order valence-corrected chi connectivity index (χ1v) is 13.1. The van der Waals surface area contributed by atoms with Gasteiger partial charge in [-0.2, -0.15) is 0 Å². The van der Waals surface area contributed by atoms with Gasteiger partial charge in [-0.1, -0.05) is 39.0 Å². The number of aliphatic hydroxyl groups excluding tert-OH is 2. The van der Waals surface area contributed by atoms with Crippen LogP contribution in [0.15, 0.2) is 41.5 Å². The molecule has 0 aromatic heterocycles. The highest BCUT2D eigenvalue weighted by Crippen LogP contribution is 2.63. The van der Waals surface area contributed by atoms with E-state index in [9.17, 15) is 29.7 Å². The third kappa shape index (κ3) is 3.48. The molecule has 8 atom stereocenters. The monoisotopic (exact) mass is 528 g/mol. The lowest BCUT2D eigenvalue weighted by Gasteiger charge is -2.66. The first-order chi connectivity index (χ1) is 17.7. The lowest BCUT2D eigenvalue weighted by molar-refractivity contribution is -0.332. The van der Waals surface area contributed by atoms with Crippen LogP contribution in [0.3, 0.4) is 0 Å². The van der Waals surface area contributed by atoms with Crippen LogP contribution in [0.5, 0.6) is 0 Å². The molecule has 3 N–H and O–H groups in total. The molecule has 1 aromatic carbocycles. The van der Waals surface area contributed by atoms with Gasteiger partial charge in [0.1, 0.15) is 23.9 Å². The molecular formula is C29H36O9. The van der Waals surface area contributed by atoms with Crippen LogP contribution in [0.25, 0.3) is 0 Å². The van der Waals surface area contributed by atoms with E-state index < -0.39 is 70.1 Å². The molecule has 0 amide bonds. The fourth-order valence-electron chi connectivity index (χ4n) is 7.68. The molecule has 4 aliphatic rings. The summed E-state index contributed by atoms with van der Waals surface area (Å²) in [5.74, 6) is -2.91.